The normalized spacial score (nSPS) is 11.6. The van der Waals surface area contributed by atoms with Gasteiger partial charge in [0.05, 0.1) is 10.2 Å². The first kappa shape index (κ1) is 18.7. The van der Waals surface area contributed by atoms with Gasteiger partial charge in [0.2, 0.25) is 5.89 Å². The number of aliphatic imine (C=N–C) groups is 1. The van der Waals surface area contributed by atoms with Crippen LogP contribution >= 0.6 is 27.5 Å². The number of oxazole rings is 1. The average molecular weight is 456 g/mol. The zero-order valence-corrected chi connectivity index (χ0v) is 17.5. The monoisotopic (exact) mass is 454 g/mol. The standard InChI is InChI=1S/C22H16BrClN2O2/c1-12-3-6-18-20(7-12)28-22(26-18)14-5-4-13(2)19(9-14)25-11-15-8-16(24)10-17(23)21(15)27/h3-11,27H,1-2H3. The molecule has 0 aliphatic heterocycles. The Hall–Kier alpha value is -2.63. The number of fused-ring (bicyclic) bond motifs is 1. The van der Waals surface area contributed by atoms with Crippen molar-refractivity contribution in [2.24, 2.45) is 4.99 Å². The van der Waals surface area contributed by atoms with Gasteiger partial charge >= 0.3 is 0 Å². The van der Waals surface area contributed by atoms with Crippen molar-refractivity contribution in [3.05, 3.63) is 74.7 Å². The Morgan fingerprint density at radius 3 is 2.75 bits per heavy atom. The van der Waals surface area contributed by atoms with Gasteiger partial charge in [-0.15, -0.1) is 0 Å². The van der Waals surface area contributed by atoms with Crippen molar-refractivity contribution in [1.29, 1.82) is 0 Å². The third-order valence-corrected chi connectivity index (χ3v) is 5.22. The van der Waals surface area contributed by atoms with Crippen molar-refractivity contribution in [1.82, 2.24) is 4.98 Å². The van der Waals surface area contributed by atoms with Crippen LogP contribution in [0.3, 0.4) is 0 Å². The topological polar surface area (TPSA) is 58.6 Å². The quantitative estimate of drug-likeness (QED) is 0.339. The summed E-state index contributed by atoms with van der Waals surface area (Å²) in [6.07, 6.45) is 1.59. The van der Waals surface area contributed by atoms with Gasteiger partial charge in [0.1, 0.15) is 11.3 Å². The molecule has 0 bridgehead atoms. The Bertz CT molecular complexity index is 1230. The summed E-state index contributed by atoms with van der Waals surface area (Å²) in [4.78, 5) is 9.11. The zero-order chi connectivity index (χ0) is 19.8. The van der Waals surface area contributed by atoms with E-state index in [4.69, 9.17) is 16.0 Å². The van der Waals surface area contributed by atoms with Crippen LogP contribution in [0.2, 0.25) is 5.02 Å². The fraction of sp³-hybridized carbons (Fsp3) is 0.0909. The van der Waals surface area contributed by atoms with Crippen molar-refractivity contribution in [3.63, 3.8) is 0 Å². The molecule has 4 aromatic rings. The van der Waals surface area contributed by atoms with E-state index >= 15 is 0 Å². The molecule has 1 heterocycles. The van der Waals surface area contributed by atoms with Crippen LogP contribution in [0.15, 0.2) is 62.4 Å². The number of nitrogens with zero attached hydrogens (tertiary/aromatic N) is 2. The average Bonchev–Trinajstić information content (AvgIpc) is 3.07. The van der Waals surface area contributed by atoms with Gasteiger partial charge < -0.3 is 9.52 Å². The number of phenols is 1. The SMILES string of the molecule is Cc1ccc2nc(-c3ccc(C)c(N=Cc4cc(Cl)cc(Br)c4O)c3)oc2c1. The molecule has 28 heavy (non-hydrogen) atoms. The summed E-state index contributed by atoms with van der Waals surface area (Å²) < 4.78 is 6.44. The summed E-state index contributed by atoms with van der Waals surface area (Å²) in [5.74, 6) is 0.640. The minimum atomic E-state index is 0.0938. The van der Waals surface area contributed by atoms with Crippen LogP contribution in [-0.4, -0.2) is 16.3 Å². The minimum absolute atomic E-state index is 0.0938. The molecular formula is C22H16BrClN2O2. The molecular weight excluding hydrogens is 440 g/mol. The van der Waals surface area contributed by atoms with E-state index in [9.17, 15) is 5.11 Å². The largest absolute Gasteiger partial charge is 0.506 e. The second-order valence-corrected chi connectivity index (χ2v) is 7.87. The minimum Gasteiger partial charge on any atom is -0.506 e. The third kappa shape index (κ3) is 3.68. The van der Waals surface area contributed by atoms with Crippen LogP contribution < -0.4 is 0 Å². The summed E-state index contributed by atoms with van der Waals surface area (Å²) in [5.41, 5.74) is 5.81. The summed E-state index contributed by atoms with van der Waals surface area (Å²) in [5, 5.41) is 10.7. The molecule has 0 atom stereocenters. The van der Waals surface area contributed by atoms with Gasteiger partial charge in [-0.1, -0.05) is 23.7 Å². The van der Waals surface area contributed by atoms with Gasteiger partial charge in [-0.3, -0.25) is 4.99 Å². The van der Waals surface area contributed by atoms with Crippen molar-refractivity contribution >= 4 is 50.5 Å². The van der Waals surface area contributed by atoms with Crippen LogP contribution in [0.4, 0.5) is 5.69 Å². The second-order valence-electron chi connectivity index (χ2n) is 6.58. The lowest BCUT2D eigenvalue weighted by molar-refractivity contribution is 0.471. The highest BCUT2D eigenvalue weighted by Crippen LogP contribution is 2.32. The molecule has 0 aliphatic carbocycles. The van der Waals surface area contributed by atoms with Crippen molar-refractivity contribution in [3.8, 4) is 17.2 Å². The summed E-state index contributed by atoms with van der Waals surface area (Å²) in [7, 11) is 0. The highest BCUT2D eigenvalue weighted by Gasteiger charge is 2.11. The number of aromatic hydroxyl groups is 1. The fourth-order valence-electron chi connectivity index (χ4n) is 2.86. The van der Waals surface area contributed by atoms with E-state index < -0.39 is 0 Å². The Morgan fingerprint density at radius 1 is 1.11 bits per heavy atom. The van der Waals surface area contributed by atoms with Crippen LogP contribution in [0.1, 0.15) is 16.7 Å². The number of phenolic OH excluding ortho intramolecular Hbond substituents is 1. The molecule has 0 fully saturated rings. The first-order valence-electron chi connectivity index (χ1n) is 8.61. The maximum Gasteiger partial charge on any atom is 0.227 e. The van der Waals surface area contributed by atoms with E-state index in [1.165, 1.54) is 0 Å². The number of hydrogen-bond donors (Lipinski definition) is 1. The maximum absolute atomic E-state index is 10.2. The molecule has 0 aliphatic rings. The molecule has 0 unspecified atom stereocenters. The lowest BCUT2D eigenvalue weighted by Gasteiger charge is -2.05. The molecule has 6 heteroatoms. The number of halogens is 2. The van der Waals surface area contributed by atoms with E-state index in [-0.39, 0.29) is 5.75 Å². The highest BCUT2D eigenvalue weighted by molar-refractivity contribution is 9.10. The molecule has 1 aromatic heterocycles. The van der Waals surface area contributed by atoms with Crippen molar-refractivity contribution < 1.29 is 9.52 Å². The van der Waals surface area contributed by atoms with Gasteiger partial charge in [0.25, 0.3) is 0 Å². The first-order chi connectivity index (χ1) is 13.4. The molecule has 0 spiro atoms. The molecule has 4 rings (SSSR count). The van der Waals surface area contributed by atoms with E-state index in [2.05, 4.69) is 25.9 Å². The van der Waals surface area contributed by atoms with Crippen LogP contribution in [0, 0.1) is 13.8 Å². The van der Waals surface area contributed by atoms with E-state index in [1.54, 1.807) is 18.3 Å². The molecule has 140 valence electrons. The Balaban J connectivity index is 1.73. The van der Waals surface area contributed by atoms with Gasteiger partial charge in [-0.2, -0.15) is 0 Å². The molecule has 3 aromatic carbocycles. The van der Waals surface area contributed by atoms with Crippen LogP contribution in [0.5, 0.6) is 5.75 Å². The number of aryl methyl sites for hydroxylation is 2. The lowest BCUT2D eigenvalue weighted by atomic mass is 10.1. The molecule has 0 radical (unpaired) electrons. The molecule has 0 saturated heterocycles. The van der Waals surface area contributed by atoms with Gasteiger partial charge in [-0.05, 0) is 77.3 Å². The van der Waals surface area contributed by atoms with Crippen molar-refractivity contribution in [2.75, 3.05) is 0 Å². The fourth-order valence-corrected chi connectivity index (χ4v) is 3.69. The zero-order valence-electron chi connectivity index (χ0n) is 15.2. The van der Waals surface area contributed by atoms with Crippen LogP contribution in [0.25, 0.3) is 22.6 Å². The third-order valence-electron chi connectivity index (χ3n) is 4.40. The predicted molar refractivity (Wildman–Crippen MR) is 117 cm³/mol. The van der Waals surface area contributed by atoms with Gasteiger partial charge in [0, 0.05) is 22.4 Å². The lowest BCUT2D eigenvalue weighted by Crippen LogP contribution is -1.86. The smallest absolute Gasteiger partial charge is 0.227 e. The summed E-state index contributed by atoms with van der Waals surface area (Å²) >= 11 is 9.35. The maximum atomic E-state index is 10.2. The molecule has 4 nitrogen and oxygen atoms in total. The second kappa shape index (κ2) is 7.41. The predicted octanol–water partition coefficient (Wildman–Crippen LogP) is 6.98. The van der Waals surface area contributed by atoms with Gasteiger partial charge in [0.15, 0.2) is 5.58 Å². The van der Waals surface area contributed by atoms with Crippen molar-refractivity contribution in [2.45, 2.75) is 13.8 Å². The number of rotatable bonds is 3. The van der Waals surface area contributed by atoms with E-state index in [0.717, 1.165) is 33.5 Å². The number of aromatic nitrogens is 1. The molecule has 0 amide bonds. The highest BCUT2D eigenvalue weighted by atomic mass is 79.9. The van der Waals surface area contributed by atoms with E-state index in [1.807, 2.05) is 50.2 Å². The van der Waals surface area contributed by atoms with Crippen LogP contribution in [-0.2, 0) is 0 Å². The summed E-state index contributed by atoms with van der Waals surface area (Å²) in [6, 6.07) is 15.1. The molecule has 0 saturated carbocycles. The Labute approximate surface area is 175 Å². The Kier molecular flexibility index (Phi) is 4.96. The Morgan fingerprint density at radius 2 is 1.93 bits per heavy atom. The first-order valence-corrected chi connectivity index (χ1v) is 9.78. The number of benzene rings is 3. The summed E-state index contributed by atoms with van der Waals surface area (Å²) in [6.45, 7) is 3.99. The van der Waals surface area contributed by atoms with Gasteiger partial charge in [-0.25, -0.2) is 4.98 Å². The molecule has 1 N–H and O–H groups in total. The van der Waals surface area contributed by atoms with E-state index in [0.29, 0.717) is 20.9 Å². The number of hydrogen-bond acceptors (Lipinski definition) is 4.